The number of nitrogens with one attached hydrogen (secondary N) is 2. The molecule has 0 unspecified atom stereocenters. The number of aryl methyl sites for hydroxylation is 1. The molecule has 3 N–H and O–H groups in total. The summed E-state index contributed by atoms with van der Waals surface area (Å²) >= 11 is 0. The van der Waals surface area contributed by atoms with E-state index in [0.717, 1.165) is 36.2 Å². The SMILES string of the molecule is Cc1[nH]c2c(-c3cc(C(F)(F)F)ccc3OCC3CC3)ncnc2c1C(=O)N[C@@H]1CN(C(=O)[C@H](C)O)C[C@H]1F. The lowest BCUT2D eigenvalue weighted by Gasteiger charge is -2.18. The first-order valence-electron chi connectivity index (χ1n) is 12.5. The molecular formula is C26H27F4N5O4. The van der Waals surface area contributed by atoms with E-state index in [1.807, 2.05) is 0 Å². The van der Waals surface area contributed by atoms with Gasteiger partial charge >= 0.3 is 6.18 Å². The summed E-state index contributed by atoms with van der Waals surface area (Å²) in [6.07, 6.45) is -4.32. The highest BCUT2D eigenvalue weighted by molar-refractivity contribution is 6.09. The Hall–Kier alpha value is -3.74. The van der Waals surface area contributed by atoms with E-state index in [4.69, 9.17) is 4.74 Å². The molecule has 3 atom stereocenters. The quantitative estimate of drug-likeness (QED) is 0.389. The van der Waals surface area contributed by atoms with Crippen molar-refractivity contribution < 1.29 is 37.0 Å². The molecule has 2 aliphatic rings. The van der Waals surface area contributed by atoms with Crippen LogP contribution in [-0.4, -0.2) is 74.8 Å². The lowest BCUT2D eigenvalue weighted by Crippen LogP contribution is -2.42. The molecule has 0 radical (unpaired) electrons. The number of alkyl halides is 4. The number of aliphatic hydroxyl groups excluding tert-OH is 1. The number of carbonyl (C=O) groups is 2. The van der Waals surface area contributed by atoms with E-state index >= 15 is 0 Å². The van der Waals surface area contributed by atoms with Crippen molar-refractivity contribution in [2.75, 3.05) is 19.7 Å². The molecular weight excluding hydrogens is 522 g/mol. The Balaban J connectivity index is 1.49. The third-order valence-corrected chi connectivity index (χ3v) is 6.97. The maximum Gasteiger partial charge on any atom is 0.416 e. The molecule has 3 aromatic rings. The number of rotatable bonds is 7. The van der Waals surface area contributed by atoms with Gasteiger partial charge in [-0.1, -0.05) is 0 Å². The summed E-state index contributed by atoms with van der Waals surface area (Å²) in [6, 6.07) is 2.15. The zero-order valence-electron chi connectivity index (χ0n) is 21.2. The van der Waals surface area contributed by atoms with Gasteiger partial charge in [-0.25, -0.2) is 14.4 Å². The van der Waals surface area contributed by atoms with Crippen molar-refractivity contribution >= 4 is 22.8 Å². The number of aromatic nitrogens is 3. The summed E-state index contributed by atoms with van der Waals surface area (Å²) < 4.78 is 61.2. The third kappa shape index (κ3) is 5.40. The van der Waals surface area contributed by atoms with E-state index < -0.39 is 41.9 Å². The second-order valence-electron chi connectivity index (χ2n) is 10.0. The zero-order chi connectivity index (χ0) is 28.1. The number of benzene rings is 1. The van der Waals surface area contributed by atoms with Gasteiger partial charge in [0.1, 0.15) is 35.6 Å². The van der Waals surface area contributed by atoms with Crippen molar-refractivity contribution in [3.8, 4) is 17.0 Å². The molecule has 1 saturated heterocycles. The monoisotopic (exact) mass is 549 g/mol. The van der Waals surface area contributed by atoms with E-state index in [-0.39, 0.29) is 46.7 Å². The van der Waals surface area contributed by atoms with Crippen LogP contribution in [0.15, 0.2) is 24.5 Å². The van der Waals surface area contributed by atoms with Crippen LogP contribution in [-0.2, 0) is 11.0 Å². The van der Waals surface area contributed by atoms with Crippen LogP contribution in [0.2, 0.25) is 0 Å². The van der Waals surface area contributed by atoms with Crippen LogP contribution in [0.3, 0.4) is 0 Å². The van der Waals surface area contributed by atoms with Crippen molar-refractivity contribution in [3.63, 3.8) is 0 Å². The molecule has 39 heavy (non-hydrogen) atoms. The zero-order valence-corrected chi connectivity index (χ0v) is 21.2. The Bertz CT molecular complexity index is 1420. The van der Waals surface area contributed by atoms with Gasteiger partial charge in [-0.2, -0.15) is 13.2 Å². The van der Waals surface area contributed by atoms with E-state index in [2.05, 4.69) is 20.3 Å². The van der Waals surface area contributed by atoms with Crippen molar-refractivity contribution in [1.29, 1.82) is 0 Å². The van der Waals surface area contributed by atoms with Gasteiger partial charge in [-0.05, 0) is 50.8 Å². The second kappa shape index (κ2) is 10.1. The van der Waals surface area contributed by atoms with Crippen LogP contribution in [0, 0.1) is 12.8 Å². The Morgan fingerprint density at radius 3 is 2.67 bits per heavy atom. The molecule has 1 aliphatic heterocycles. The molecule has 13 heteroatoms. The van der Waals surface area contributed by atoms with Crippen LogP contribution in [0.5, 0.6) is 5.75 Å². The average Bonchev–Trinajstić information content (AvgIpc) is 3.55. The summed E-state index contributed by atoms with van der Waals surface area (Å²) in [7, 11) is 0. The predicted molar refractivity (Wildman–Crippen MR) is 132 cm³/mol. The smallest absolute Gasteiger partial charge is 0.416 e. The molecule has 208 valence electrons. The maximum absolute atomic E-state index is 14.6. The van der Waals surface area contributed by atoms with Crippen LogP contribution in [0.4, 0.5) is 17.6 Å². The molecule has 0 bridgehead atoms. The highest BCUT2D eigenvalue weighted by atomic mass is 19.4. The van der Waals surface area contributed by atoms with Gasteiger partial charge in [0.25, 0.3) is 11.8 Å². The largest absolute Gasteiger partial charge is 0.493 e. The van der Waals surface area contributed by atoms with Gasteiger partial charge in [0.15, 0.2) is 0 Å². The minimum absolute atomic E-state index is 0.0774. The predicted octanol–water partition coefficient (Wildman–Crippen LogP) is 3.40. The molecule has 3 heterocycles. The van der Waals surface area contributed by atoms with Crippen molar-refractivity contribution in [2.24, 2.45) is 5.92 Å². The molecule has 5 rings (SSSR count). The summed E-state index contributed by atoms with van der Waals surface area (Å²) in [5, 5.41) is 12.1. The number of hydrogen-bond donors (Lipinski definition) is 3. The summed E-state index contributed by atoms with van der Waals surface area (Å²) in [6.45, 7) is 2.84. The fourth-order valence-corrected chi connectivity index (χ4v) is 4.70. The minimum Gasteiger partial charge on any atom is -0.493 e. The van der Waals surface area contributed by atoms with E-state index in [0.29, 0.717) is 18.2 Å². The molecule has 1 aliphatic carbocycles. The summed E-state index contributed by atoms with van der Waals surface area (Å²) in [5.74, 6) is -0.731. The maximum atomic E-state index is 14.6. The Kier molecular flexibility index (Phi) is 6.95. The summed E-state index contributed by atoms with van der Waals surface area (Å²) in [4.78, 5) is 37.9. The molecule has 2 aromatic heterocycles. The number of aromatic amines is 1. The van der Waals surface area contributed by atoms with E-state index in [9.17, 15) is 32.3 Å². The highest BCUT2D eigenvalue weighted by Gasteiger charge is 2.38. The molecule has 2 amide bonds. The standard InChI is InChI=1S/C26H27F4N5O4/c1-12-20(24(37)34-18-9-35(8-17(18)27)25(38)13(2)36)22-23(33-12)21(31-11-32-22)16-7-15(26(28,29)30)5-6-19(16)39-10-14-3-4-14/h5-7,11,13-14,17-18,33,36H,3-4,8-10H2,1-2H3,(H,34,37)/t13-,17+,18+/m0/s1. The number of amides is 2. The molecule has 1 aromatic carbocycles. The topological polar surface area (TPSA) is 120 Å². The number of ether oxygens (including phenoxy) is 1. The minimum atomic E-state index is -4.60. The third-order valence-electron chi connectivity index (χ3n) is 6.97. The van der Waals surface area contributed by atoms with Gasteiger partial charge in [0.05, 0.1) is 35.8 Å². The van der Waals surface area contributed by atoms with Crippen molar-refractivity contribution in [2.45, 2.75) is 51.2 Å². The Morgan fingerprint density at radius 2 is 2.00 bits per heavy atom. The van der Waals surface area contributed by atoms with Gasteiger partial charge in [-0.3, -0.25) is 9.59 Å². The Morgan fingerprint density at radius 1 is 1.26 bits per heavy atom. The second-order valence-corrected chi connectivity index (χ2v) is 10.0. The van der Waals surface area contributed by atoms with Crippen LogP contribution in [0.25, 0.3) is 22.3 Å². The van der Waals surface area contributed by atoms with Gasteiger partial charge in [-0.15, -0.1) is 0 Å². The van der Waals surface area contributed by atoms with Crippen LogP contribution < -0.4 is 10.1 Å². The van der Waals surface area contributed by atoms with Gasteiger partial charge in [0, 0.05) is 17.8 Å². The molecule has 2 fully saturated rings. The highest BCUT2D eigenvalue weighted by Crippen LogP contribution is 2.40. The lowest BCUT2D eigenvalue weighted by molar-refractivity contribution is -0.138. The molecule has 9 nitrogen and oxygen atoms in total. The summed E-state index contributed by atoms with van der Waals surface area (Å²) in [5.41, 5.74) is 0.136. The van der Waals surface area contributed by atoms with E-state index in [1.165, 1.54) is 13.0 Å². The Labute approximate surface area is 220 Å². The first kappa shape index (κ1) is 26.9. The first-order chi connectivity index (χ1) is 18.4. The van der Waals surface area contributed by atoms with Crippen molar-refractivity contribution in [1.82, 2.24) is 25.2 Å². The van der Waals surface area contributed by atoms with Crippen LogP contribution in [0.1, 0.15) is 41.4 Å². The number of nitrogens with zero attached hydrogens (tertiary/aromatic N) is 3. The molecule has 0 spiro atoms. The normalized spacial score (nSPS) is 20.3. The van der Waals surface area contributed by atoms with Crippen LogP contribution >= 0.6 is 0 Å². The molecule has 1 saturated carbocycles. The van der Waals surface area contributed by atoms with Gasteiger partial charge < -0.3 is 25.0 Å². The van der Waals surface area contributed by atoms with Crippen molar-refractivity contribution in [3.05, 3.63) is 41.3 Å². The number of carbonyl (C=O) groups excluding carboxylic acids is 2. The number of H-pyrrole nitrogens is 1. The van der Waals surface area contributed by atoms with Gasteiger partial charge in [0.2, 0.25) is 0 Å². The lowest BCUT2D eigenvalue weighted by atomic mass is 10.0. The number of halogens is 4. The first-order valence-corrected chi connectivity index (χ1v) is 12.5. The number of hydrogen-bond acceptors (Lipinski definition) is 6. The van der Waals surface area contributed by atoms with E-state index in [1.54, 1.807) is 6.92 Å². The fourth-order valence-electron chi connectivity index (χ4n) is 4.70. The number of aliphatic hydroxyl groups is 1. The number of likely N-dealkylation sites (tertiary alicyclic amines) is 1. The number of fused-ring (bicyclic) bond motifs is 1. The average molecular weight is 550 g/mol. The fraction of sp³-hybridized carbons (Fsp3) is 0.462.